The number of rotatable bonds is 3. The molecule has 3 aromatic carbocycles. The Bertz CT molecular complexity index is 1500. The molecule has 0 amide bonds. The Labute approximate surface area is 195 Å². The van der Waals surface area contributed by atoms with Gasteiger partial charge in [0.1, 0.15) is 0 Å². The van der Waals surface area contributed by atoms with E-state index in [0.717, 1.165) is 22.7 Å². The van der Waals surface area contributed by atoms with Crippen LogP contribution < -0.4 is 10.9 Å². The molecule has 0 bridgehead atoms. The maximum atomic E-state index is 13.5. The van der Waals surface area contributed by atoms with Gasteiger partial charge in [-0.1, -0.05) is 70.7 Å². The minimum absolute atomic E-state index is 0.0610. The molecule has 2 N–H and O–H groups in total. The van der Waals surface area contributed by atoms with Gasteiger partial charge in [0.15, 0.2) is 21.0 Å². The quantitative estimate of drug-likeness (QED) is 0.329. The summed E-state index contributed by atoms with van der Waals surface area (Å²) in [5.41, 5.74) is -0.0708. The van der Waals surface area contributed by atoms with E-state index in [0.29, 0.717) is 30.8 Å². The molecule has 5 rings (SSSR count). The molecule has 4 nitrogen and oxygen atoms in total. The van der Waals surface area contributed by atoms with Crippen molar-refractivity contribution in [3.8, 4) is 10.1 Å². The number of hydrogen-bond donors (Lipinski definition) is 2. The van der Waals surface area contributed by atoms with Gasteiger partial charge >= 0.3 is 0 Å². The molecule has 0 aliphatic heterocycles. The monoisotopic (exact) mass is 478 g/mol. The zero-order valence-corrected chi connectivity index (χ0v) is 18.8. The average molecular weight is 479 g/mol. The lowest BCUT2D eigenvalue weighted by atomic mass is 9.86. The maximum absolute atomic E-state index is 13.5. The van der Waals surface area contributed by atoms with E-state index in [1.807, 2.05) is 0 Å². The van der Waals surface area contributed by atoms with Crippen LogP contribution in [0.3, 0.4) is 0 Å². The molecule has 0 saturated heterocycles. The van der Waals surface area contributed by atoms with Crippen LogP contribution in [-0.4, -0.2) is 10.2 Å². The highest BCUT2D eigenvalue weighted by Gasteiger charge is 2.30. The van der Waals surface area contributed by atoms with Crippen LogP contribution in [0, 0.1) is 0 Å². The molecule has 0 spiro atoms. The standard InChI is InChI=1S/C25H15ClO4S2/c26-14-11-9-13(10-12-14)19(20-22(27)15-5-1-3-7-17(15)31-24(20)29)21-23(28)16-6-2-4-8-18(16)32-25(21)30/h1-12,19,29-30H. The largest absolute Gasteiger partial charge is 0.499 e. The van der Waals surface area contributed by atoms with Crippen LogP contribution in [0.4, 0.5) is 0 Å². The number of aromatic hydroxyl groups is 2. The summed E-state index contributed by atoms with van der Waals surface area (Å²) < 4.78 is 1.28. The van der Waals surface area contributed by atoms with Gasteiger partial charge in [0, 0.05) is 25.2 Å². The van der Waals surface area contributed by atoms with Crippen LogP contribution in [0.5, 0.6) is 10.1 Å². The molecule has 0 aliphatic carbocycles. The molecule has 7 heteroatoms. The molecule has 0 radical (unpaired) electrons. The fraction of sp³-hybridized carbons (Fsp3) is 0.0400. The molecule has 2 heterocycles. The molecular weight excluding hydrogens is 464 g/mol. The van der Waals surface area contributed by atoms with Crippen LogP contribution in [0.25, 0.3) is 20.2 Å². The topological polar surface area (TPSA) is 74.6 Å². The van der Waals surface area contributed by atoms with Crippen LogP contribution in [0.1, 0.15) is 22.6 Å². The van der Waals surface area contributed by atoms with E-state index in [1.54, 1.807) is 72.8 Å². The third-order valence-corrected chi connectivity index (χ3v) is 7.64. The smallest absolute Gasteiger partial charge is 0.195 e. The third kappa shape index (κ3) is 3.37. The summed E-state index contributed by atoms with van der Waals surface area (Å²) in [5, 5.41) is 22.9. The maximum Gasteiger partial charge on any atom is 0.195 e. The summed E-state index contributed by atoms with van der Waals surface area (Å²) in [6.45, 7) is 0. The molecule has 0 aliphatic rings. The summed E-state index contributed by atoms with van der Waals surface area (Å²) in [6, 6.07) is 20.7. The highest BCUT2D eigenvalue weighted by molar-refractivity contribution is 7.20. The van der Waals surface area contributed by atoms with E-state index in [-0.39, 0.29) is 32.1 Å². The number of fused-ring (bicyclic) bond motifs is 2. The fourth-order valence-corrected chi connectivity index (χ4v) is 5.95. The zero-order valence-electron chi connectivity index (χ0n) is 16.4. The summed E-state index contributed by atoms with van der Waals surface area (Å²) in [5.74, 6) is -0.964. The first kappa shape index (κ1) is 20.7. The molecule has 0 unspecified atom stereocenters. The van der Waals surface area contributed by atoms with Crippen molar-refractivity contribution in [3.63, 3.8) is 0 Å². The van der Waals surface area contributed by atoms with Crippen molar-refractivity contribution in [1.82, 2.24) is 0 Å². The van der Waals surface area contributed by atoms with Crippen molar-refractivity contribution in [1.29, 1.82) is 0 Å². The Morgan fingerprint density at radius 3 is 1.56 bits per heavy atom. The van der Waals surface area contributed by atoms with Gasteiger partial charge in [-0.2, -0.15) is 0 Å². The van der Waals surface area contributed by atoms with Crippen LogP contribution in [0.2, 0.25) is 5.02 Å². The third-order valence-electron chi connectivity index (χ3n) is 5.41. The molecule has 0 atom stereocenters. The molecule has 158 valence electrons. The van der Waals surface area contributed by atoms with Gasteiger partial charge in [-0.05, 0) is 42.0 Å². The zero-order chi connectivity index (χ0) is 22.4. The van der Waals surface area contributed by atoms with Crippen LogP contribution in [0.15, 0.2) is 82.4 Å². The van der Waals surface area contributed by atoms with Crippen molar-refractivity contribution >= 4 is 54.4 Å². The number of hydrogen-bond acceptors (Lipinski definition) is 6. The summed E-state index contributed by atoms with van der Waals surface area (Å²) in [6.07, 6.45) is 0. The minimum Gasteiger partial charge on any atom is -0.499 e. The van der Waals surface area contributed by atoms with E-state index in [4.69, 9.17) is 11.6 Å². The molecule has 0 fully saturated rings. The first-order valence-electron chi connectivity index (χ1n) is 9.70. The first-order valence-corrected chi connectivity index (χ1v) is 11.7. The SMILES string of the molecule is O=c1c(C(c2ccc(Cl)cc2)c2c(O)sc3ccccc3c2=O)c(O)sc2ccccc12. The van der Waals surface area contributed by atoms with Gasteiger partial charge < -0.3 is 10.2 Å². The van der Waals surface area contributed by atoms with Crippen molar-refractivity contribution in [3.05, 3.63) is 115 Å². The lowest BCUT2D eigenvalue weighted by Crippen LogP contribution is -2.21. The van der Waals surface area contributed by atoms with E-state index in [9.17, 15) is 19.8 Å². The number of halogens is 1. The predicted molar refractivity (Wildman–Crippen MR) is 132 cm³/mol. The van der Waals surface area contributed by atoms with E-state index in [1.165, 1.54) is 0 Å². The van der Waals surface area contributed by atoms with Crippen molar-refractivity contribution < 1.29 is 10.2 Å². The van der Waals surface area contributed by atoms with Crippen LogP contribution in [-0.2, 0) is 0 Å². The second kappa shape index (κ2) is 8.06. The molecular formula is C25H15ClO4S2. The van der Waals surface area contributed by atoms with Crippen molar-refractivity contribution in [2.45, 2.75) is 5.92 Å². The lowest BCUT2D eigenvalue weighted by Gasteiger charge is -2.20. The molecule has 2 aromatic heterocycles. The Balaban J connectivity index is 1.91. The Morgan fingerprint density at radius 1 is 0.656 bits per heavy atom. The van der Waals surface area contributed by atoms with Gasteiger partial charge in [0.25, 0.3) is 0 Å². The first-order chi connectivity index (χ1) is 15.5. The van der Waals surface area contributed by atoms with Gasteiger partial charge in [-0.25, -0.2) is 0 Å². The van der Waals surface area contributed by atoms with Crippen molar-refractivity contribution in [2.75, 3.05) is 0 Å². The van der Waals surface area contributed by atoms with E-state index in [2.05, 4.69) is 0 Å². The lowest BCUT2D eigenvalue weighted by molar-refractivity contribution is 0.473. The average Bonchev–Trinajstić information content (AvgIpc) is 2.78. The fourth-order valence-electron chi connectivity index (χ4n) is 3.93. The van der Waals surface area contributed by atoms with E-state index < -0.39 is 5.92 Å². The Morgan fingerprint density at radius 2 is 1.09 bits per heavy atom. The van der Waals surface area contributed by atoms with Gasteiger partial charge in [-0.15, -0.1) is 0 Å². The summed E-state index contributed by atoms with van der Waals surface area (Å²) >= 11 is 8.21. The van der Waals surface area contributed by atoms with Gasteiger partial charge in [0.2, 0.25) is 0 Å². The second-order valence-electron chi connectivity index (χ2n) is 7.28. The van der Waals surface area contributed by atoms with E-state index >= 15 is 0 Å². The number of benzene rings is 3. The Hall–Kier alpha value is -3.19. The van der Waals surface area contributed by atoms with Gasteiger partial charge in [-0.3, -0.25) is 9.59 Å². The predicted octanol–water partition coefficient (Wildman–Crippen LogP) is 6.08. The second-order valence-corrected chi connectivity index (χ2v) is 9.77. The van der Waals surface area contributed by atoms with Crippen molar-refractivity contribution in [2.24, 2.45) is 0 Å². The molecule has 5 aromatic rings. The summed E-state index contributed by atoms with van der Waals surface area (Å²) in [4.78, 5) is 27.1. The summed E-state index contributed by atoms with van der Waals surface area (Å²) in [7, 11) is 0. The Kier molecular flexibility index (Phi) is 5.21. The normalized spacial score (nSPS) is 11.4. The van der Waals surface area contributed by atoms with Gasteiger partial charge in [0.05, 0.1) is 17.0 Å². The molecule has 0 saturated carbocycles. The molecule has 32 heavy (non-hydrogen) atoms. The highest BCUT2D eigenvalue weighted by Crippen LogP contribution is 2.42. The highest BCUT2D eigenvalue weighted by atomic mass is 35.5. The minimum atomic E-state index is -0.964. The van der Waals surface area contributed by atoms with Crippen LogP contribution >= 0.6 is 34.3 Å².